The Morgan fingerprint density at radius 1 is 0.477 bits per heavy atom. The van der Waals surface area contributed by atoms with Crippen molar-refractivity contribution in [1.29, 1.82) is 0 Å². The van der Waals surface area contributed by atoms with E-state index in [2.05, 4.69) is 4.74 Å². The fraction of sp³-hybridized carbons (Fsp3) is 0.0909. The van der Waals surface area contributed by atoms with Gasteiger partial charge in [-0.2, -0.15) is 22.0 Å². The van der Waals surface area contributed by atoms with E-state index in [0.717, 1.165) is 48.0 Å². The zero-order valence-corrected chi connectivity index (χ0v) is 22.3. The van der Waals surface area contributed by atoms with Gasteiger partial charge in [-0.3, -0.25) is 0 Å². The maximum absolute atomic E-state index is 15.0. The van der Waals surface area contributed by atoms with E-state index in [0.29, 0.717) is 23.8 Å². The topological polar surface area (TPSA) is 9.23 Å². The molecular formula is C33H18F10O. The van der Waals surface area contributed by atoms with Crippen LogP contribution in [-0.2, 0) is 12.3 Å². The fourth-order valence-electron chi connectivity index (χ4n) is 4.59. The summed E-state index contributed by atoms with van der Waals surface area (Å²) in [7, 11) is 0. The Morgan fingerprint density at radius 3 is 1.48 bits per heavy atom. The molecule has 0 aromatic heterocycles. The zero-order valence-electron chi connectivity index (χ0n) is 22.3. The molecule has 0 atom stereocenters. The number of halogens is 10. The maximum Gasteiger partial charge on any atom is 0.432 e. The van der Waals surface area contributed by atoms with Crippen molar-refractivity contribution < 1.29 is 48.6 Å². The molecule has 0 aliphatic rings. The van der Waals surface area contributed by atoms with Crippen LogP contribution in [0, 0.1) is 36.0 Å². The van der Waals surface area contributed by atoms with Crippen molar-refractivity contribution in [1.82, 2.24) is 0 Å². The third-order valence-corrected chi connectivity index (χ3v) is 6.77. The van der Waals surface area contributed by atoms with Gasteiger partial charge in [0.15, 0.2) is 0 Å². The molecule has 0 aliphatic carbocycles. The summed E-state index contributed by atoms with van der Waals surface area (Å²) in [5.41, 5.74) is -2.82. The lowest BCUT2D eigenvalue weighted by Gasteiger charge is -2.20. The van der Waals surface area contributed by atoms with E-state index in [1.54, 1.807) is 31.2 Å². The number of hydrogen-bond donors (Lipinski definition) is 0. The van der Waals surface area contributed by atoms with Crippen LogP contribution in [0.15, 0.2) is 91.0 Å². The first kappa shape index (κ1) is 30.7. The normalized spacial score (nSPS) is 12.0. The first-order valence-electron chi connectivity index (χ1n) is 12.7. The highest BCUT2D eigenvalue weighted by Gasteiger charge is 2.41. The number of aryl methyl sites for hydroxylation is 1. The van der Waals surface area contributed by atoms with Crippen LogP contribution >= 0.6 is 0 Å². The Bertz CT molecular complexity index is 1840. The van der Waals surface area contributed by atoms with Crippen molar-refractivity contribution in [3.05, 3.63) is 137 Å². The third kappa shape index (κ3) is 6.13. The summed E-state index contributed by atoms with van der Waals surface area (Å²) < 4.78 is 146. The van der Waals surface area contributed by atoms with Gasteiger partial charge in [-0.25, -0.2) is 22.0 Å². The summed E-state index contributed by atoms with van der Waals surface area (Å²) in [5, 5.41) is 0. The van der Waals surface area contributed by atoms with Crippen molar-refractivity contribution in [2.45, 2.75) is 19.2 Å². The average Bonchev–Trinajstić information content (AvgIpc) is 2.92. The van der Waals surface area contributed by atoms with Crippen molar-refractivity contribution in [3.8, 4) is 39.1 Å². The van der Waals surface area contributed by atoms with Gasteiger partial charge < -0.3 is 4.74 Å². The van der Waals surface area contributed by atoms with E-state index in [1.807, 2.05) is 0 Å². The summed E-state index contributed by atoms with van der Waals surface area (Å²) >= 11 is 0. The lowest BCUT2D eigenvalue weighted by atomic mass is 9.98. The van der Waals surface area contributed by atoms with E-state index >= 15 is 0 Å². The Balaban J connectivity index is 1.38. The number of alkyl halides is 5. The van der Waals surface area contributed by atoms with Crippen molar-refractivity contribution in [2.75, 3.05) is 0 Å². The number of benzene rings is 5. The highest BCUT2D eigenvalue weighted by molar-refractivity contribution is 5.72. The molecule has 1 nitrogen and oxygen atoms in total. The number of ether oxygens (including phenoxy) is 1. The number of hydrogen-bond acceptors (Lipinski definition) is 1. The molecule has 5 aromatic rings. The summed E-state index contributed by atoms with van der Waals surface area (Å²) in [4.78, 5) is 0. The first-order valence-corrected chi connectivity index (χ1v) is 12.7. The molecule has 5 rings (SSSR count). The SMILES string of the molecule is Cc1ccc(-c2cc(F)c(C(F)(F)Oc3ccc(-c4ccc(-c5ccc(C(F)(F)F)c(F)c5)c(F)c4)c(F)c3)c(F)c2)cc1. The van der Waals surface area contributed by atoms with Crippen molar-refractivity contribution in [3.63, 3.8) is 0 Å². The summed E-state index contributed by atoms with van der Waals surface area (Å²) in [6, 6.07) is 15.2. The molecule has 5 aromatic carbocycles. The monoisotopic (exact) mass is 620 g/mol. The Labute approximate surface area is 244 Å². The molecule has 0 saturated heterocycles. The molecule has 0 radical (unpaired) electrons. The molecule has 0 amide bonds. The van der Waals surface area contributed by atoms with Gasteiger partial charge in [0.1, 0.15) is 40.4 Å². The lowest BCUT2D eigenvalue weighted by Crippen LogP contribution is -2.25. The second-order valence-electron chi connectivity index (χ2n) is 9.83. The average molecular weight is 620 g/mol. The highest BCUT2D eigenvalue weighted by atomic mass is 19.4. The summed E-state index contributed by atoms with van der Waals surface area (Å²) in [6.07, 6.45) is -9.50. The minimum Gasteiger partial charge on any atom is -0.429 e. The molecule has 0 bridgehead atoms. The van der Waals surface area contributed by atoms with Crippen LogP contribution < -0.4 is 4.74 Å². The molecule has 44 heavy (non-hydrogen) atoms. The van der Waals surface area contributed by atoms with Crippen LogP contribution in [0.1, 0.15) is 16.7 Å². The fourth-order valence-corrected chi connectivity index (χ4v) is 4.59. The van der Waals surface area contributed by atoms with Crippen LogP contribution in [0.3, 0.4) is 0 Å². The van der Waals surface area contributed by atoms with E-state index in [-0.39, 0.29) is 27.8 Å². The van der Waals surface area contributed by atoms with Crippen LogP contribution in [0.4, 0.5) is 43.9 Å². The molecule has 0 fully saturated rings. The van der Waals surface area contributed by atoms with Crippen LogP contribution in [0.25, 0.3) is 33.4 Å². The molecule has 0 spiro atoms. The minimum atomic E-state index is -4.95. The van der Waals surface area contributed by atoms with Gasteiger partial charge in [-0.1, -0.05) is 48.0 Å². The zero-order chi connectivity index (χ0) is 32.0. The van der Waals surface area contributed by atoms with Crippen LogP contribution in [0.5, 0.6) is 5.75 Å². The van der Waals surface area contributed by atoms with Crippen molar-refractivity contribution >= 4 is 0 Å². The standard InChI is InChI=1S/C33H18F10O/c1-17-2-4-18(5-3-17)21-14-29(37)31(30(38)15-21)33(42,43)44-22-8-10-24(27(35)16-22)19-6-9-23(26(34)12-19)20-7-11-25(28(36)13-20)32(39,40)41/h2-16H,1H3. The van der Waals surface area contributed by atoms with E-state index in [9.17, 15) is 43.9 Å². The van der Waals surface area contributed by atoms with Gasteiger partial charge in [0.2, 0.25) is 0 Å². The Hall–Kier alpha value is -4.80. The number of rotatable bonds is 6. The summed E-state index contributed by atoms with van der Waals surface area (Å²) in [6.45, 7) is 1.80. The van der Waals surface area contributed by atoms with Gasteiger partial charge in [0.05, 0.1) is 5.56 Å². The van der Waals surface area contributed by atoms with Gasteiger partial charge in [-0.15, -0.1) is 0 Å². The largest absolute Gasteiger partial charge is 0.432 e. The Morgan fingerprint density at radius 2 is 0.955 bits per heavy atom. The quantitative estimate of drug-likeness (QED) is 0.172. The second kappa shape index (κ2) is 11.4. The molecular weight excluding hydrogens is 602 g/mol. The minimum absolute atomic E-state index is 0.0108. The predicted octanol–water partition coefficient (Wildman–Crippen LogP) is 10.8. The Kier molecular flexibility index (Phi) is 7.92. The van der Waals surface area contributed by atoms with Crippen LogP contribution in [-0.4, -0.2) is 0 Å². The highest BCUT2D eigenvalue weighted by Crippen LogP contribution is 2.39. The van der Waals surface area contributed by atoms with Gasteiger partial charge in [-0.05, 0) is 71.6 Å². The van der Waals surface area contributed by atoms with E-state index < -0.39 is 58.2 Å². The third-order valence-electron chi connectivity index (χ3n) is 6.77. The van der Waals surface area contributed by atoms with Crippen molar-refractivity contribution in [2.24, 2.45) is 0 Å². The smallest absolute Gasteiger partial charge is 0.429 e. The van der Waals surface area contributed by atoms with E-state index in [1.165, 1.54) is 6.07 Å². The summed E-state index contributed by atoms with van der Waals surface area (Å²) in [5.74, 6) is -7.79. The van der Waals surface area contributed by atoms with Crippen LogP contribution in [0.2, 0.25) is 0 Å². The van der Waals surface area contributed by atoms with Gasteiger partial charge >= 0.3 is 12.3 Å². The molecule has 0 aliphatic heterocycles. The van der Waals surface area contributed by atoms with Gasteiger partial charge in [0.25, 0.3) is 0 Å². The molecule has 11 heteroatoms. The molecule has 0 saturated carbocycles. The molecule has 0 N–H and O–H groups in total. The van der Waals surface area contributed by atoms with Gasteiger partial charge in [0, 0.05) is 17.2 Å². The molecule has 0 heterocycles. The maximum atomic E-state index is 15.0. The second-order valence-corrected chi connectivity index (χ2v) is 9.83. The lowest BCUT2D eigenvalue weighted by molar-refractivity contribution is -0.189. The van der Waals surface area contributed by atoms with E-state index in [4.69, 9.17) is 0 Å². The first-order chi connectivity index (χ1) is 20.6. The predicted molar refractivity (Wildman–Crippen MR) is 143 cm³/mol. The molecule has 226 valence electrons. The molecule has 0 unspecified atom stereocenters.